The van der Waals surface area contributed by atoms with Crippen LogP contribution in [0.2, 0.25) is 0 Å². The minimum absolute atomic E-state index is 0.352. The molecule has 0 radical (unpaired) electrons. The average Bonchev–Trinajstić information content (AvgIpc) is 2.96. The van der Waals surface area contributed by atoms with Crippen molar-refractivity contribution >= 4 is 39.1 Å². The quantitative estimate of drug-likeness (QED) is 0.660. The number of carbonyl (C=O) groups excluding carboxylic acids is 2. The van der Waals surface area contributed by atoms with Gasteiger partial charge in [-0.3, -0.25) is 9.59 Å². The minimum atomic E-state index is -4.60. The molecule has 158 valence electrons. The van der Waals surface area contributed by atoms with Gasteiger partial charge >= 0.3 is 6.18 Å². The highest BCUT2D eigenvalue weighted by atomic mass is 32.1. The number of hydrogen-bond donors (Lipinski definition) is 1. The van der Waals surface area contributed by atoms with Gasteiger partial charge in [0.25, 0.3) is 5.91 Å². The molecule has 0 saturated heterocycles. The third kappa shape index (κ3) is 4.28. The fourth-order valence-electron chi connectivity index (χ4n) is 3.17. The van der Waals surface area contributed by atoms with Gasteiger partial charge in [-0.1, -0.05) is 12.1 Å². The van der Waals surface area contributed by atoms with Gasteiger partial charge in [0, 0.05) is 18.1 Å². The summed E-state index contributed by atoms with van der Waals surface area (Å²) in [7, 11) is 1.42. The first kappa shape index (κ1) is 21.7. The number of alkyl halides is 3. The van der Waals surface area contributed by atoms with Gasteiger partial charge in [0.15, 0.2) is 0 Å². The molecule has 0 spiro atoms. The number of rotatable bonds is 4. The molecular formula is C20H19F3N4O2S. The summed E-state index contributed by atoms with van der Waals surface area (Å²) in [6.07, 6.45) is -4.60. The van der Waals surface area contributed by atoms with E-state index in [0.717, 1.165) is 17.1 Å². The van der Waals surface area contributed by atoms with Crippen molar-refractivity contribution in [3.8, 4) is 0 Å². The lowest BCUT2D eigenvalue weighted by atomic mass is 10.1. The summed E-state index contributed by atoms with van der Waals surface area (Å²) >= 11 is 1.20. The van der Waals surface area contributed by atoms with E-state index in [1.807, 2.05) is 6.92 Å². The lowest BCUT2D eigenvalue weighted by Crippen LogP contribution is -2.35. The number of aromatic nitrogens is 2. The van der Waals surface area contributed by atoms with E-state index in [-0.39, 0.29) is 5.69 Å². The number of benzene rings is 1. The van der Waals surface area contributed by atoms with Gasteiger partial charge in [-0.05, 0) is 38.5 Å². The molecule has 3 aromatic rings. The average molecular weight is 436 g/mol. The molecule has 0 aliphatic heterocycles. The molecule has 3 rings (SSSR count). The van der Waals surface area contributed by atoms with Crippen LogP contribution in [0.5, 0.6) is 0 Å². The van der Waals surface area contributed by atoms with Crippen molar-refractivity contribution in [3.05, 3.63) is 51.8 Å². The van der Waals surface area contributed by atoms with Gasteiger partial charge in [0.05, 0.1) is 22.7 Å². The summed E-state index contributed by atoms with van der Waals surface area (Å²) in [5.74, 6) is -0.545. The van der Waals surface area contributed by atoms with Gasteiger partial charge in [-0.25, -0.2) is 9.97 Å². The van der Waals surface area contributed by atoms with Crippen LogP contribution < -0.4 is 5.32 Å². The second kappa shape index (κ2) is 8.02. The summed E-state index contributed by atoms with van der Waals surface area (Å²) in [5, 5.41) is 3.04. The van der Waals surface area contributed by atoms with Crippen molar-refractivity contribution in [2.24, 2.45) is 0 Å². The van der Waals surface area contributed by atoms with Crippen LogP contribution in [-0.2, 0) is 11.0 Å². The fraction of sp³-hybridized carbons (Fsp3) is 0.300. The molecule has 1 N–H and O–H groups in total. The zero-order chi connectivity index (χ0) is 22.2. The van der Waals surface area contributed by atoms with E-state index < -0.39 is 30.1 Å². The van der Waals surface area contributed by atoms with Gasteiger partial charge in [0.2, 0.25) is 5.91 Å². The third-order valence-electron chi connectivity index (χ3n) is 4.51. The molecule has 2 aromatic heterocycles. The molecule has 0 aliphatic rings. The van der Waals surface area contributed by atoms with Crippen LogP contribution in [-0.4, -0.2) is 40.3 Å². The molecular weight excluding hydrogens is 417 g/mol. The zero-order valence-electron chi connectivity index (χ0n) is 16.7. The van der Waals surface area contributed by atoms with Crippen molar-refractivity contribution in [1.82, 2.24) is 14.9 Å². The Balaban J connectivity index is 1.79. The summed E-state index contributed by atoms with van der Waals surface area (Å²) in [6.45, 7) is 4.98. The molecule has 1 aromatic carbocycles. The first-order valence-electron chi connectivity index (χ1n) is 8.95. The summed E-state index contributed by atoms with van der Waals surface area (Å²) in [6, 6.07) is 4.69. The predicted octanol–water partition coefficient (Wildman–Crippen LogP) is 4.35. The topological polar surface area (TPSA) is 75.2 Å². The Morgan fingerprint density at radius 2 is 1.80 bits per heavy atom. The first-order chi connectivity index (χ1) is 14.0. The highest BCUT2D eigenvalue weighted by Crippen LogP contribution is 2.35. The summed E-state index contributed by atoms with van der Waals surface area (Å²) in [4.78, 5) is 36.1. The summed E-state index contributed by atoms with van der Waals surface area (Å²) < 4.78 is 39.3. The monoisotopic (exact) mass is 436 g/mol. The number of amides is 2. The predicted molar refractivity (Wildman–Crippen MR) is 109 cm³/mol. The number of nitrogens with one attached hydrogen (secondary N) is 1. The van der Waals surface area contributed by atoms with E-state index in [1.165, 1.54) is 41.5 Å². The molecule has 10 heteroatoms. The van der Waals surface area contributed by atoms with Crippen molar-refractivity contribution < 1.29 is 22.8 Å². The number of carbonyl (C=O) groups is 2. The molecule has 0 atom stereocenters. The second-order valence-corrected chi connectivity index (χ2v) is 7.84. The van der Waals surface area contributed by atoms with E-state index in [4.69, 9.17) is 0 Å². The lowest BCUT2D eigenvalue weighted by molar-refractivity contribution is -0.137. The molecule has 0 fully saturated rings. The maximum absolute atomic E-state index is 13.1. The van der Waals surface area contributed by atoms with E-state index in [9.17, 15) is 22.8 Å². The van der Waals surface area contributed by atoms with Crippen LogP contribution in [0.1, 0.15) is 32.3 Å². The maximum Gasteiger partial charge on any atom is 0.418 e. The molecule has 2 heterocycles. The second-order valence-electron chi connectivity index (χ2n) is 6.85. The van der Waals surface area contributed by atoms with Crippen LogP contribution in [0.25, 0.3) is 10.2 Å². The normalized spacial score (nSPS) is 11.6. The van der Waals surface area contributed by atoms with Gasteiger partial charge in [0.1, 0.15) is 10.7 Å². The number of halogens is 3. The smallest absolute Gasteiger partial charge is 0.332 e. The number of nitrogens with zero attached hydrogens (tertiary/aromatic N) is 3. The Bertz CT molecular complexity index is 1140. The van der Waals surface area contributed by atoms with Crippen LogP contribution in [0.4, 0.5) is 18.9 Å². The van der Waals surface area contributed by atoms with E-state index in [2.05, 4.69) is 15.3 Å². The van der Waals surface area contributed by atoms with Gasteiger partial charge in [-0.2, -0.15) is 13.2 Å². The number of thiophene rings is 1. The van der Waals surface area contributed by atoms with Crippen molar-refractivity contribution in [3.63, 3.8) is 0 Å². The van der Waals surface area contributed by atoms with Crippen molar-refractivity contribution in [2.45, 2.75) is 26.9 Å². The van der Waals surface area contributed by atoms with Crippen LogP contribution in [0.3, 0.4) is 0 Å². The largest absolute Gasteiger partial charge is 0.418 e. The first-order valence-corrected chi connectivity index (χ1v) is 9.76. The number of aryl methyl sites for hydroxylation is 3. The van der Waals surface area contributed by atoms with Crippen molar-refractivity contribution in [2.75, 3.05) is 18.9 Å². The standard InChI is InChI=1S/C20H19F3N4O2S/c1-10-16-11(2)24-12(3)25-18(16)30-17(10)19(29)27(4)9-15(28)26-14-8-6-5-7-13(14)20(21,22)23/h5-8H,9H2,1-4H3,(H,26,28). The highest BCUT2D eigenvalue weighted by molar-refractivity contribution is 7.20. The fourth-order valence-corrected chi connectivity index (χ4v) is 4.44. The Hall–Kier alpha value is -3.01. The van der Waals surface area contributed by atoms with E-state index in [1.54, 1.807) is 13.8 Å². The molecule has 0 saturated carbocycles. The number of fused-ring (bicyclic) bond motifs is 1. The SMILES string of the molecule is Cc1nc(C)c2c(C)c(C(=O)N(C)CC(=O)Nc3ccccc3C(F)(F)F)sc2n1. The molecule has 6 nitrogen and oxygen atoms in total. The zero-order valence-corrected chi connectivity index (χ0v) is 17.5. The molecule has 0 aliphatic carbocycles. The molecule has 0 unspecified atom stereocenters. The van der Waals surface area contributed by atoms with Gasteiger partial charge < -0.3 is 10.2 Å². The molecule has 2 amide bonds. The van der Waals surface area contributed by atoms with Crippen LogP contribution in [0, 0.1) is 20.8 Å². The Kier molecular flexibility index (Phi) is 5.80. The van der Waals surface area contributed by atoms with Gasteiger partial charge in [-0.15, -0.1) is 11.3 Å². The Labute approximate surface area is 174 Å². The number of anilines is 1. The number of para-hydroxylation sites is 1. The van der Waals surface area contributed by atoms with E-state index in [0.29, 0.717) is 21.1 Å². The maximum atomic E-state index is 13.1. The number of likely N-dealkylation sites (N-methyl/N-ethyl adjacent to an activating group) is 1. The Morgan fingerprint density at radius 1 is 1.13 bits per heavy atom. The number of hydrogen-bond acceptors (Lipinski definition) is 5. The van der Waals surface area contributed by atoms with Crippen LogP contribution in [0.15, 0.2) is 24.3 Å². The molecule has 30 heavy (non-hydrogen) atoms. The lowest BCUT2D eigenvalue weighted by Gasteiger charge is -2.18. The minimum Gasteiger partial charge on any atom is -0.332 e. The Morgan fingerprint density at radius 3 is 2.47 bits per heavy atom. The molecule has 0 bridgehead atoms. The highest BCUT2D eigenvalue weighted by Gasteiger charge is 2.33. The van der Waals surface area contributed by atoms with Crippen molar-refractivity contribution in [1.29, 1.82) is 0 Å². The summed E-state index contributed by atoms with van der Waals surface area (Å²) in [5.41, 5.74) is 0.175. The van der Waals surface area contributed by atoms with E-state index >= 15 is 0 Å². The van der Waals surface area contributed by atoms with Crippen LogP contribution >= 0.6 is 11.3 Å². The third-order valence-corrected chi connectivity index (χ3v) is 5.68.